The van der Waals surface area contributed by atoms with Crippen LogP contribution < -0.4 is 10.9 Å². The van der Waals surface area contributed by atoms with Crippen LogP contribution in [-0.4, -0.2) is 95.6 Å². The van der Waals surface area contributed by atoms with E-state index in [4.69, 9.17) is 0 Å². The second kappa shape index (κ2) is 8.61. The van der Waals surface area contributed by atoms with Crippen LogP contribution in [0.4, 0.5) is 0 Å². The monoisotopic (exact) mass is 432 g/mol. The molecule has 0 aromatic rings. The summed E-state index contributed by atoms with van der Waals surface area (Å²) in [4.78, 5) is 29.9. The Kier molecular flexibility index (Phi) is 6.01. The van der Waals surface area contributed by atoms with Crippen LogP contribution in [0.25, 0.3) is 0 Å². The molecule has 8 heteroatoms. The largest absolute Gasteiger partial charge is 0.335 e. The van der Waals surface area contributed by atoms with Gasteiger partial charge in [-0.3, -0.25) is 20.4 Å². The van der Waals surface area contributed by atoms with E-state index >= 15 is 0 Å². The highest BCUT2D eigenvalue weighted by Crippen LogP contribution is 2.42. The third-order valence-corrected chi connectivity index (χ3v) is 8.44. The molecule has 2 amide bonds. The number of piperazine rings is 1. The van der Waals surface area contributed by atoms with Gasteiger partial charge >= 0.3 is 0 Å². The summed E-state index contributed by atoms with van der Waals surface area (Å²) in [5.41, 5.74) is 7.18. The quantitative estimate of drug-likeness (QED) is 0.680. The molecule has 6 atom stereocenters. The number of hydrogen-bond acceptors (Lipinski definition) is 6. The summed E-state index contributed by atoms with van der Waals surface area (Å²) >= 11 is 0. The number of carbonyl (C=O) groups excluding carboxylic acids is 2. The number of carbonyl (C=O) groups is 2. The van der Waals surface area contributed by atoms with Gasteiger partial charge in [-0.05, 0) is 57.3 Å². The maximum absolute atomic E-state index is 13.1. The lowest BCUT2D eigenvalue weighted by Crippen LogP contribution is -2.67. The number of amides is 2. The first kappa shape index (κ1) is 21.6. The molecule has 8 nitrogen and oxygen atoms in total. The maximum Gasteiger partial charge on any atom is 0.226 e. The highest BCUT2D eigenvalue weighted by Gasteiger charge is 2.49. The summed E-state index contributed by atoms with van der Waals surface area (Å²) in [6.07, 6.45) is 6.53. The van der Waals surface area contributed by atoms with E-state index in [0.717, 1.165) is 58.3 Å². The molecule has 5 fully saturated rings. The lowest BCUT2D eigenvalue weighted by atomic mass is 9.73. The van der Waals surface area contributed by atoms with E-state index in [1.807, 2.05) is 0 Å². The van der Waals surface area contributed by atoms with Gasteiger partial charge in [0, 0.05) is 64.7 Å². The zero-order valence-corrected chi connectivity index (χ0v) is 19.4. The zero-order valence-electron chi connectivity index (χ0n) is 19.4. The Morgan fingerprint density at radius 3 is 2.48 bits per heavy atom. The summed E-state index contributed by atoms with van der Waals surface area (Å²) in [6, 6.07) is 1.05. The smallest absolute Gasteiger partial charge is 0.226 e. The lowest BCUT2D eigenvalue weighted by molar-refractivity contribution is -0.155. The van der Waals surface area contributed by atoms with Crippen LogP contribution in [0.3, 0.4) is 0 Å². The van der Waals surface area contributed by atoms with Crippen molar-refractivity contribution in [3.63, 3.8) is 0 Å². The Morgan fingerprint density at radius 1 is 1.00 bits per heavy atom. The van der Waals surface area contributed by atoms with Crippen molar-refractivity contribution in [3.8, 4) is 0 Å². The van der Waals surface area contributed by atoms with Crippen molar-refractivity contribution in [1.29, 1.82) is 0 Å². The number of nitrogens with one attached hydrogen (secondary N) is 2. The molecule has 174 valence electrons. The van der Waals surface area contributed by atoms with Crippen molar-refractivity contribution >= 4 is 11.8 Å². The van der Waals surface area contributed by atoms with E-state index < -0.39 is 0 Å². The van der Waals surface area contributed by atoms with Crippen molar-refractivity contribution in [2.45, 2.75) is 76.5 Å². The number of hydrazine groups is 2. The van der Waals surface area contributed by atoms with Crippen LogP contribution >= 0.6 is 0 Å². The molecule has 5 unspecified atom stereocenters. The van der Waals surface area contributed by atoms with E-state index in [9.17, 15) is 9.59 Å². The van der Waals surface area contributed by atoms with Crippen LogP contribution in [0.5, 0.6) is 0 Å². The standard InChI is InChI=1S/C23H40N6O2/c1-15-12-28(23(31)17-4-5-17)22-10-18(6-7-21(22)29(15)16(2)30)19-11-24-27(13-19)14-20-8-9-26(3)25-20/h15,17-22,24-25H,4-14H2,1-3H3/t15-,18?,19?,20?,21?,22?/m0/s1. The number of fused-ring (bicyclic) bond motifs is 1. The summed E-state index contributed by atoms with van der Waals surface area (Å²) in [6.45, 7) is 8.81. The molecular formula is C23H40N6O2. The van der Waals surface area contributed by atoms with Gasteiger partial charge in [-0.2, -0.15) is 0 Å². The molecule has 2 saturated carbocycles. The Morgan fingerprint density at radius 2 is 1.81 bits per heavy atom. The number of rotatable bonds is 4. The van der Waals surface area contributed by atoms with E-state index in [0.29, 0.717) is 30.3 Å². The fourth-order valence-electron chi connectivity index (χ4n) is 6.75. The molecule has 3 aliphatic heterocycles. The minimum absolute atomic E-state index is 0.124. The number of nitrogens with zero attached hydrogens (tertiary/aromatic N) is 4. The molecule has 3 saturated heterocycles. The molecule has 0 aromatic heterocycles. The second-order valence-electron chi connectivity index (χ2n) is 10.8. The zero-order chi connectivity index (χ0) is 21.7. The van der Waals surface area contributed by atoms with Crippen LogP contribution in [-0.2, 0) is 9.59 Å². The Bertz CT molecular complexity index is 700. The molecule has 0 spiro atoms. The van der Waals surface area contributed by atoms with Crippen molar-refractivity contribution in [3.05, 3.63) is 0 Å². The average Bonchev–Trinajstić information content (AvgIpc) is 3.36. The minimum atomic E-state index is 0.124. The molecule has 2 aliphatic carbocycles. The molecule has 3 heterocycles. The van der Waals surface area contributed by atoms with Crippen molar-refractivity contribution in [1.82, 2.24) is 30.7 Å². The SMILES string of the molecule is CC(=O)N1C2CCC(C3CNN(CC4CCN(C)N4)C3)CC2N(C(=O)C2CC2)C[C@@H]1C. The maximum atomic E-state index is 13.1. The third kappa shape index (κ3) is 4.36. The molecule has 2 N–H and O–H groups in total. The Labute approximate surface area is 186 Å². The lowest BCUT2D eigenvalue weighted by Gasteiger charge is -2.54. The van der Waals surface area contributed by atoms with Crippen LogP contribution in [0.1, 0.15) is 52.4 Å². The third-order valence-electron chi connectivity index (χ3n) is 8.44. The van der Waals surface area contributed by atoms with Gasteiger partial charge < -0.3 is 9.80 Å². The van der Waals surface area contributed by atoms with Gasteiger partial charge in [-0.1, -0.05) is 0 Å². The topological polar surface area (TPSA) is 71.2 Å². The highest BCUT2D eigenvalue weighted by atomic mass is 16.2. The fraction of sp³-hybridized carbons (Fsp3) is 0.913. The molecule has 5 rings (SSSR count). The van der Waals surface area contributed by atoms with Gasteiger partial charge in [0.15, 0.2) is 0 Å². The van der Waals surface area contributed by atoms with Crippen molar-refractivity contribution in [2.24, 2.45) is 17.8 Å². The summed E-state index contributed by atoms with van der Waals surface area (Å²) in [7, 11) is 2.11. The highest BCUT2D eigenvalue weighted by molar-refractivity contribution is 5.82. The number of hydrogen-bond donors (Lipinski definition) is 2. The molecular weight excluding hydrogens is 392 g/mol. The average molecular weight is 433 g/mol. The predicted molar refractivity (Wildman–Crippen MR) is 119 cm³/mol. The van der Waals surface area contributed by atoms with Gasteiger partial charge in [-0.15, -0.1) is 0 Å². The van der Waals surface area contributed by atoms with Crippen LogP contribution in [0.15, 0.2) is 0 Å². The van der Waals surface area contributed by atoms with E-state index in [-0.39, 0.29) is 30.0 Å². The van der Waals surface area contributed by atoms with E-state index in [1.165, 1.54) is 6.42 Å². The first-order valence-electron chi connectivity index (χ1n) is 12.5. The summed E-state index contributed by atoms with van der Waals surface area (Å²) < 4.78 is 0. The molecule has 31 heavy (non-hydrogen) atoms. The first-order chi connectivity index (χ1) is 14.9. The van der Waals surface area contributed by atoms with Gasteiger partial charge in [-0.25, -0.2) is 10.0 Å². The molecule has 0 bridgehead atoms. The Hall–Kier alpha value is -1.22. The normalized spacial score (nSPS) is 39.7. The second-order valence-corrected chi connectivity index (χ2v) is 10.8. The van der Waals surface area contributed by atoms with Crippen molar-refractivity contribution in [2.75, 3.05) is 39.8 Å². The Balaban J connectivity index is 1.24. The fourth-order valence-corrected chi connectivity index (χ4v) is 6.75. The summed E-state index contributed by atoms with van der Waals surface area (Å²) in [5.74, 6) is 2.02. The molecule has 0 aromatic carbocycles. The summed E-state index contributed by atoms with van der Waals surface area (Å²) in [5, 5.41) is 4.60. The van der Waals surface area contributed by atoms with Gasteiger partial charge in [0.1, 0.15) is 0 Å². The van der Waals surface area contributed by atoms with Gasteiger partial charge in [0.25, 0.3) is 0 Å². The minimum Gasteiger partial charge on any atom is -0.335 e. The van der Waals surface area contributed by atoms with E-state index in [2.05, 4.69) is 44.6 Å². The van der Waals surface area contributed by atoms with Crippen molar-refractivity contribution < 1.29 is 9.59 Å². The van der Waals surface area contributed by atoms with Crippen LogP contribution in [0, 0.1) is 17.8 Å². The van der Waals surface area contributed by atoms with Gasteiger partial charge in [0.2, 0.25) is 11.8 Å². The molecule has 0 radical (unpaired) electrons. The molecule has 5 aliphatic rings. The first-order valence-corrected chi connectivity index (χ1v) is 12.5. The van der Waals surface area contributed by atoms with E-state index in [1.54, 1.807) is 6.92 Å². The predicted octanol–water partition coefficient (Wildman–Crippen LogP) is 0.658. The van der Waals surface area contributed by atoms with Gasteiger partial charge in [0.05, 0.1) is 12.1 Å². The van der Waals surface area contributed by atoms with Crippen LogP contribution in [0.2, 0.25) is 0 Å².